The van der Waals surface area contributed by atoms with Crippen molar-refractivity contribution in [2.24, 2.45) is 0 Å². The van der Waals surface area contributed by atoms with E-state index in [4.69, 9.17) is 56.8 Å². The minimum absolute atomic E-state index is 0.999. The molecule has 0 aromatic rings. The Hall–Kier alpha value is -1.20. The van der Waals surface area contributed by atoms with Crippen LogP contribution in [0.2, 0.25) is 0 Å². The van der Waals surface area contributed by atoms with E-state index in [0.717, 1.165) is 0 Å². The zero-order valence-electron chi connectivity index (χ0n) is 34.5. The van der Waals surface area contributed by atoms with Crippen LogP contribution < -0.4 is 0 Å². The summed E-state index contributed by atoms with van der Waals surface area (Å²) in [6, 6.07) is 0. The summed E-state index contributed by atoms with van der Waals surface area (Å²) >= 11 is 0. The van der Waals surface area contributed by atoms with Crippen LogP contribution in [0.5, 0.6) is 0 Å². The van der Waals surface area contributed by atoms with Crippen molar-refractivity contribution in [1.29, 1.82) is 0 Å². The molecule has 22 heterocycles. The van der Waals surface area contributed by atoms with Crippen molar-refractivity contribution in [3.05, 3.63) is 0 Å². The van der Waals surface area contributed by atoms with Gasteiger partial charge >= 0.3 is 0 Å². The van der Waals surface area contributed by atoms with Gasteiger partial charge in [-0.05, 0) is 0 Å². The molecule has 0 saturated carbocycles. The molecule has 0 aromatic heterocycles. The highest BCUT2D eigenvalue weighted by atomic mass is 16.8. The molecule has 22 aliphatic rings. The standard InChI is InChI=1S/C36H60O30/c37-1-7-25-13(43)19(49)31(55-7)62-26-8(2-38)57-33(21(51)15(26)45)64-28-10(4-40)59-35(23(53)17(28)47)66-30-12(6-42)60-36(24(54)18(30)48)65-29-11(5-41)58-34(22(52)16(29)46)63-27-9(3-39)56-32(61-25)20(50)14(27)44/h7-54H,1-6H2/t7?,8?,9?,10?,11?,12?,13?,14?,15?,16?,17?,18?,19?,20?,21?,22?,23?,24?,25-,26-,27-,28-,29-,30-,31-,32-,33-,34-,35-,36+/m1/s1. The Labute approximate surface area is 372 Å². The molecule has 30 heteroatoms. The van der Waals surface area contributed by atoms with Gasteiger partial charge in [-0.25, -0.2) is 0 Å². The van der Waals surface area contributed by atoms with Gasteiger partial charge < -0.3 is 149 Å². The first-order chi connectivity index (χ1) is 31.4. The Kier molecular flexibility index (Phi) is 17.6. The Morgan fingerprint density at radius 2 is 0.303 bits per heavy atom. The topological polar surface area (TPSA) is 475 Å². The SMILES string of the molecule is OCC1O[C@@H]2O[C@@H]3C(CO)O[C@H](O[C@@H]4C(CO)O[C@H](O[C@@H]5C(CO)O[C@@H](O[C@@H]6C(CO)O[C@H](O[C@@H]7C(CO)O[C@H](O[C@H]1C(O)C2O)C(O)C7O)C(O)C6O)C(O)C5O)C(O)C4O)C(O)C3O. The Morgan fingerprint density at radius 1 is 0.182 bits per heavy atom. The molecule has 30 atom stereocenters. The number of aliphatic hydroxyl groups is 18. The molecule has 22 fully saturated rings. The second kappa shape index (κ2) is 22.1. The quantitative estimate of drug-likeness (QED) is 0.117. The Balaban J connectivity index is 1.19. The molecule has 0 radical (unpaired) electrons. The molecule has 0 aliphatic carbocycles. The van der Waals surface area contributed by atoms with Crippen molar-refractivity contribution in [1.82, 2.24) is 0 Å². The fraction of sp³-hybridized carbons (Fsp3) is 1.00. The van der Waals surface area contributed by atoms with Crippen molar-refractivity contribution < 1.29 is 149 Å². The summed E-state index contributed by atoms with van der Waals surface area (Å²) in [6.45, 7) is -5.99. The van der Waals surface area contributed by atoms with Crippen LogP contribution >= 0.6 is 0 Å². The van der Waals surface area contributed by atoms with Crippen LogP contribution in [-0.4, -0.2) is 316 Å². The highest BCUT2D eigenvalue weighted by Crippen LogP contribution is 2.38. The lowest BCUT2D eigenvalue weighted by Gasteiger charge is -2.50. The number of rotatable bonds is 6. The van der Waals surface area contributed by atoms with Crippen LogP contribution in [0, 0.1) is 0 Å². The third-order valence-corrected chi connectivity index (χ3v) is 12.7. The lowest BCUT2D eigenvalue weighted by atomic mass is 9.94. The van der Waals surface area contributed by atoms with Crippen LogP contribution in [0.4, 0.5) is 0 Å². The van der Waals surface area contributed by atoms with Gasteiger partial charge in [0.15, 0.2) is 37.7 Å². The first kappa shape index (κ1) is 52.6. The first-order valence-electron chi connectivity index (χ1n) is 21.1. The maximum atomic E-state index is 11.2. The summed E-state index contributed by atoms with van der Waals surface area (Å²) in [5.74, 6) is 0. The first-order valence-corrected chi connectivity index (χ1v) is 21.1. The fourth-order valence-corrected chi connectivity index (χ4v) is 8.93. The van der Waals surface area contributed by atoms with E-state index < -0.39 is 224 Å². The molecule has 384 valence electrons. The summed E-state index contributed by atoms with van der Waals surface area (Å²) in [7, 11) is 0. The van der Waals surface area contributed by atoms with E-state index >= 15 is 0 Å². The van der Waals surface area contributed by atoms with Crippen LogP contribution in [0.25, 0.3) is 0 Å². The zero-order valence-corrected chi connectivity index (χ0v) is 34.5. The van der Waals surface area contributed by atoms with E-state index in [9.17, 15) is 91.9 Å². The molecular formula is C36H60O30. The summed E-state index contributed by atoms with van der Waals surface area (Å²) < 4.78 is 67.9. The van der Waals surface area contributed by atoms with E-state index in [2.05, 4.69) is 0 Å². The van der Waals surface area contributed by atoms with Crippen molar-refractivity contribution in [3.63, 3.8) is 0 Å². The zero-order chi connectivity index (χ0) is 48.0. The molecule has 66 heavy (non-hydrogen) atoms. The highest BCUT2D eigenvalue weighted by molar-refractivity contribution is 5.01. The predicted octanol–water partition coefficient (Wildman–Crippen LogP) is -13.1. The number of hydrogen-bond donors (Lipinski definition) is 18. The number of ether oxygens (including phenoxy) is 12. The lowest BCUT2D eigenvalue weighted by Crippen LogP contribution is -2.69. The van der Waals surface area contributed by atoms with E-state index in [-0.39, 0.29) is 0 Å². The smallest absolute Gasteiger partial charge is 0.187 e. The lowest BCUT2D eigenvalue weighted by molar-refractivity contribution is -0.404. The maximum Gasteiger partial charge on any atom is 0.187 e. The van der Waals surface area contributed by atoms with Crippen LogP contribution in [-0.2, 0) is 56.8 Å². The second-order valence-corrected chi connectivity index (χ2v) is 16.8. The molecule has 22 saturated heterocycles. The summed E-state index contributed by atoms with van der Waals surface area (Å²) in [6.07, 6.45) is -58.5. The average molecular weight is 973 g/mol. The molecule has 0 aromatic carbocycles. The van der Waals surface area contributed by atoms with Crippen molar-refractivity contribution in [2.45, 2.75) is 184 Å². The van der Waals surface area contributed by atoms with Gasteiger partial charge in [-0.1, -0.05) is 0 Å². The third-order valence-electron chi connectivity index (χ3n) is 12.7. The second-order valence-electron chi connectivity index (χ2n) is 16.8. The largest absolute Gasteiger partial charge is 0.394 e. The van der Waals surface area contributed by atoms with Crippen LogP contribution in [0.15, 0.2) is 0 Å². The molecule has 18 N–H and O–H groups in total. The fourth-order valence-electron chi connectivity index (χ4n) is 8.93. The molecule has 22 rings (SSSR count). The molecular weight excluding hydrogens is 912 g/mol. The van der Waals surface area contributed by atoms with E-state index in [0.29, 0.717) is 0 Å². The summed E-state index contributed by atoms with van der Waals surface area (Å²) in [5, 5.41) is 196. The molecule has 18 unspecified atom stereocenters. The molecule has 12 bridgehead atoms. The van der Waals surface area contributed by atoms with Gasteiger partial charge in [-0.15, -0.1) is 0 Å². The minimum atomic E-state index is -2.15. The van der Waals surface area contributed by atoms with Crippen molar-refractivity contribution >= 4 is 0 Å². The van der Waals surface area contributed by atoms with Gasteiger partial charge in [-0.2, -0.15) is 0 Å². The monoisotopic (exact) mass is 972 g/mol. The highest BCUT2D eigenvalue weighted by Gasteiger charge is 2.58. The predicted molar refractivity (Wildman–Crippen MR) is 196 cm³/mol. The van der Waals surface area contributed by atoms with Gasteiger partial charge in [0.05, 0.1) is 39.6 Å². The van der Waals surface area contributed by atoms with E-state index in [1.807, 2.05) is 0 Å². The van der Waals surface area contributed by atoms with E-state index in [1.54, 1.807) is 0 Å². The normalized spacial score (nSPS) is 55.4. The Morgan fingerprint density at radius 3 is 0.409 bits per heavy atom. The van der Waals surface area contributed by atoms with Crippen LogP contribution in [0.1, 0.15) is 0 Å². The average Bonchev–Trinajstić information content (AvgIpc) is 3.31. The van der Waals surface area contributed by atoms with Gasteiger partial charge in [0.2, 0.25) is 0 Å². The van der Waals surface area contributed by atoms with Crippen molar-refractivity contribution in [2.75, 3.05) is 39.6 Å². The Bertz CT molecular complexity index is 1230. The molecule has 30 nitrogen and oxygen atoms in total. The summed E-state index contributed by atoms with van der Waals surface area (Å²) in [4.78, 5) is 0. The molecule has 0 amide bonds. The van der Waals surface area contributed by atoms with Gasteiger partial charge in [0, 0.05) is 0 Å². The third kappa shape index (κ3) is 10.0. The van der Waals surface area contributed by atoms with E-state index in [1.165, 1.54) is 0 Å². The minimum Gasteiger partial charge on any atom is -0.394 e. The molecule has 22 aliphatic heterocycles. The van der Waals surface area contributed by atoms with Crippen LogP contribution in [0.3, 0.4) is 0 Å². The van der Waals surface area contributed by atoms with Gasteiger partial charge in [0.1, 0.15) is 146 Å². The van der Waals surface area contributed by atoms with Gasteiger partial charge in [0.25, 0.3) is 0 Å². The van der Waals surface area contributed by atoms with Gasteiger partial charge in [-0.3, -0.25) is 0 Å². The number of hydrogen-bond acceptors (Lipinski definition) is 30. The molecule has 0 spiro atoms. The number of aliphatic hydroxyl groups excluding tert-OH is 18. The maximum absolute atomic E-state index is 11.2. The van der Waals surface area contributed by atoms with Crippen molar-refractivity contribution in [3.8, 4) is 0 Å². The summed E-state index contributed by atoms with van der Waals surface area (Å²) in [5.41, 5.74) is 0.